The fraction of sp³-hybridized carbons (Fsp3) is 0.905. The van der Waals surface area contributed by atoms with Gasteiger partial charge in [-0.3, -0.25) is 4.90 Å². The van der Waals surface area contributed by atoms with Crippen LogP contribution in [0.5, 0.6) is 0 Å². The van der Waals surface area contributed by atoms with E-state index in [2.05, 4.69) is 28.1 Å². The number of hydrogen-bond donors (Lipinski definition) is 1. The highest BCUT2D eigenvalue weighted by molar-refractivity contribution is 5.08. The molecule has 0 amide bonds. The van der Waals surface area contributed by atoms with E-state index >= 15 is 0 Å². The minimum absolute atomic E-state index is 0.621. The fourth-order valence-electron chi connectivity index (χ4n) is 6.58. The Morgan fingerprint density at radius 2 is 1.96 bits per heavy atom. The molecule has 6 atom stereocenters. The second-order valence-electron chi connectivity index (χ2n) is 9.09. The van der Waals surface area contributed by atoms with Gasteiger partial charge in [0.25, 0.3) is 0 Å². The highest BCUT2D eigenvalue weighted by Gasteiger charge is 2.46. The van der Waals surface area contributed by atoms with Gasteiger partial charge in [-0.15, -0.1) is 0 Å². The van der Waals surface area contributed by atoms with Crippen molar-refractivity contribution in [2.75, 3.05) is 32.7 Å². The Balaban J connectivity index is 1.20. The summed E-state index contributed by atoms with van der Waals surface area (Å²) in [5.74, 6) is 1.83. The van der Waals surface area contributed by atoms with Crippen molar-refractivity contribution in [2.45, 2.75) is 76.2 Å². The van der Waals surface area contributed by atoms with Crippen LogP contribution in [0.25, 0.3) is 0 Å². The molecule has 5 aliphatic rings. The summed E-state index contributed by atoms with van der Waals surface area (Å²) in [7, 11) is 0. The average Bonchev–Trinajstić information content (AvgIpc) is 3.30. The minimum atomic E-state index is 0.621. The third kappa shape index (κ3) is 3.04. The third-order valence-electron chi connectivity index (χ3n) is 7.89. The first kappa shape index (κ1) is 16.6. The van der Waals surface area contributed by atoms with Gasteiger partial charge in [0, 0.05) is 44.0 Å². The van der Waals surface area contributed by atoms with Gasteiger partial charge in [-0.05, 0) is 70.3 Å². The Bertz CT molecular complexity index is 521. The SMILES string of the molecule is C/C=C1\CNCCN1C1CCC2CC(C3CC4CCC3O4)CCN2C1. The molecule has 0 spiro atoms. The van der Waals surface area contributed by atoms with Gasteiger partial charge < -0.3 is 15.0 Å². The summed E-state index contributed by atoms with van der Waals surface area (Å²) in [4.78, 5) is 5.55. The Morgan fingerprint density at radius 1 is 1.04 bits per heavy atom. The van der Waals surface area contributed by atoms with Gasteiger partial charge in [-0.1, -0.05) is 6.08 Å². The number of allylic oxidation sites excluding steroid dienone is 1. The van der Waals surface area contributed by atoms with Crippen LogP contribution in [0.2, 0.25) is 0 Å². The van der Waals surface area contributed by atoms with E-state index in [1.807, 2.05) is 0 Å². The molecule has 0 aromatic heterocycles. The zero-order valence-corrected chi connectivity index (χ0v) is 15.8. The number of ether oxygens (including phenoxy) is 1. The topological polar surface area (TPSA) is 27.7 Å². The highest BCUT2D eigenvalue weighted by atomic mass is 16.5. The summed E-state index contributed by atoms with van der Waals surface area (Å²) < 4.78 is 6.16. The first-order chi connectivity index (χ1) is 12.3. The van der Waals surface area contributed by atoms with Crippen LogP contribution in [0, 0.1) is 11.8 Å². The largest absolute Gasteiger partial charge is 0.375 e. The Labute approximate surface area is 153 Å². The van der Waals surface area contributed by atoms with Crippen LogP contribution in [-0.4, -0.2) is 66.8 Å². The predicted molar refractivity (Wildman–Crippen MR) is 100 cm³/mol. The fourth-order valence-corrected chi connectivity index (χ4v) is 6.58. The molecule has 5 rings (SSSR count). The zero-order valence-electron chi connectivity index (χ0n) is 15.8. The first-order valence-electron chi connectivity index (χ1n) is 10.8. The van der Waals surface area contributed by atoms with E-state index in [0.29, 0.717) is 12.2 Å². The summed E-state index contributed by atoms with van der Waals surface area (Å²) in [6, 6.07) is 1.60. The number of rotatable bonds is 2. The normalized spacial score (nSPS) is 46.6. The molecule has 6 unspecified atom stereocenters. The lowest BCUT2D eigenvalue weighted by atomic mass is 9.72. The van der Waals surface area contributed by atoms with Gasteiger partial charge in [0.05, 0.1) is 12.2 Å². The Morgan fingerprint density at radius 3 is 2.76 bits per heavy atom. The zero-order chi connectivity index (χ0) is 16.8. The van der Waals surface area contributed by atoms with Crippen molar-refractivity contribution in [3.63, 3.8) is 0 Å². The van der Waals surface area contributed by atoms with Crippen molar-refractivity contribution < 1.29 is 4.74 Å². The second kappa shape index (κ2) is 6.86. The summed E-state index contributed by atoms with van der Waals surface area (Å²) in [5, 5.41) is 3.53. The summed E-state index contributed by atoms with van der Waals surface area (Å²) in [6.07, 6.45) is 13.3. The molecule has 140 valence electrons. The Hall–Kier alpha value is -0.580. The molecule has 4 heteroatoms. The molecule has 0 radical (unpaired) electrons. The molecule has 5 aliphatic heterocycles. The van der Waals surface area contributed by atoms with Crippen LogP contribution in [0.4, 0.5) is 0 Å². The molecule has 5 saturated heterocycles. The number of piperazine rings is 1. The first-order valence-corrected chi connectivity index (χ1v) is 10.8. The molecule has 0 aliphatic carbocycles. The van der Waals surface area contributed by atoms with Crippen molar-refractivity contribution in [3.05, 3.63) is 11.8 Å². The van der Waals surface area contributed by atoms with Gasteiger partial charge in [-0.25, -0.2) is 0 Å². The van der Waals surface area contributed by atoms with Crippen molar-refractivity contribution in [1.29, 1.82) is 0 Å². The number of piperidine rings is 2. The van der Waals surface area contributed by atoms with Crippen LogP contribution < -0.4 is 5.32 Å². The van der Waals surface area contributed by atoms with Crippen molar-refractivity contribution in [2.24, 2.45) is 11.8 Å². The maximum absolute atomic E-state index is 6.16. The third-order valence-corrected chi connectivity index (χ3v) is 7.89. The molecular formula is C21H35N3O. The van der Waals surface area contributed by atoms with Crippen molar-refractivity contribution in [3.8, 4) is 0 Å². The smallest absolute Gasteiger partial charge is 0.0611 e. The molecule has 25 heavy (non-hydrogen) atoms. The lowest BCUT2D eigenvalue weighted by Crippen LogP contribution is -2.57. The van der Waals surface area contributed by atoms with Crippen LogP contribution in [0.15, 0.2) is 11.8 Å². The van der Waals surface area contributed by atoms with E-state index in [-0.39, 0.29) is 0 Å². The number of nitrogens with zero attached hydrogens (tertiary/aromatic N) is 2. The van der Waals surface area contributed by atoms with Crippen LogP contribution in [-0.2, 0) is 4.74 Å². The Kier molecular flexibility index (Phi) is 4.55. The predicted octanol–water partition coefficient (Wildman–Crippen LogP) is 2.61. The molecule has 1 N–H and O–H groups in total. The molecular weight excluding hydrogens is 310 g/mol. The molecule has 4 nitrogen and oxygen atoms in total. The summed E-state index contributed by atoms with van der Waals surface area (Å²) in [5.41, 5.74) is 1.52. The summed E-state index contributed by atoms with van der Waals surface area (Å²) in [6.45, 7) is 8.21. The van der Waals surface area contributed by atoms with Gasteiger partial charge in [0.1, 0.15) is 0 Å². The molecule has 0 aromatic carbocycles. The number of hydrogen-bond acceptors (Lipinski definition) is 4. The van der Waals surface area contributed by atoms with E-state index in [4.69, 9.17) is 4.74 Å². The highest BCUT2D eigenvalue weighted by Crippen LogP contribution is 2.46. The quantitative estimate of drug-likeness (QED) is 0.833. The maximum atomic E-state index is 6.16. The van der Waals surface area contributed by atoms with Crippen molar-refractivity contribution in [1.82, 2.24) is 15.1 Å². The molecule has 2 bridgehead atoms. The average molecular weight is 346 g/mol. The molecule has 0 saturated carbocycles. The van der Waals surface area contributed by atoms with Gasteiger partial charge in [-0.2, -0.15) is 0 Å². The van der Waals surface area contributed by atoms with Crippen molar-refractivity contribution >= 4 is 0 Å². The van der Waals surface area contributed by atoms with E-state index in [1.165, 1.54) is 70.3 Å². The van der Waals surface area contributed by atoms with Gasteiger partial charge in [0.15, 0.2) is 0 Å². The molecule has 0 aromatic rings. The molecule has 5 fully saturated rings. The van der Waals surface area contributed by atoms with E-state index in [9.17, 15) is 0 Å². The van der Waals surface area contributed by atoms with Crippen LogP contribution in [0.3, 0.4) is 0 Å². The number of fused-ring (bicyclic) bond motifs is 3. The van der Waals surface area contributed by atoms with Crippen LogP contribution >= 0.6 is 0 Å². The van der Waals surface area contributed by atoms with E-state index < -0.39 is 0 Å². The minimum Gasteiger partial charge on any atom is -0.375 e. The lowest BCUT2D eigenvalue weighted by molar-refractivity contribution is 0.00680. The second-order valence-corrected chi connectivity index (χ2v) is 9.09. The summed E-state index contributed by atoms with van der Waals surface area (Å²) >= 11 is 0. The van der Waals surface area contributed by atoms with Gasteiger partial charge >= 0.3 is 0 Å². The monoisotopic (exact) mass is 345 g/mol. The maximum Gasteiger partial charge on any atom is 0.0611 e. The van der Waals surface area contributed by atoms with E-state index in [1.54, 1.807) is 0 Å². The molecule has 5 heterocycles. The lowest BCUT2D eigenvalue weighted by Gasteiger charge is -2.50. The van der Waals surface area contributed by atoms with Crippen LogP contribution in [0.1, 0.15) is 51.9 Å². The standard InChI is InChI=1S/C21H35N3O/c1-2-16-13-22-8-10-24(16)18-4-3-17-11-15(7-9-23(17)14-18)20-12-19-5-6-21(20)25-19/h2,15,17-22H,3-14H2,1H3/b16-2+. The van der Waals surface area contributed by atoms with Gasteiger partial charge in [0.2, 0.25) is 0 Å². The number of nitrogens with one attached hydrogen (secondary N) is 1. The van der Waals surface area contributed by atoms with E-state index in [0.717, 1.165) is 37.0 Å².